The predicted octanol–water partition coefficient (Wildman–Crippen LogP) is 1.43. The van der Waals surface area contributed by atoms with Crippen LogP contribution in [0, 0.1) is 0 Å². The standard InChI is InChI=1S/C22H21Cl2N5O3/c1-27-19-18(20(31)28(2)22(27)32)29(12-14-5-6-15(23)11-17(14)24)21(26-19)25-10-9-13-3-7-16(30)8-4-13/h3-8,11,18,30H,9-10,12H2,1-2H3. The van der Waals surface area contributed by atoms with Gasteiger partial charge in [-0.25, -0.2) is 19.3 Å². The monoisotopic (exact) mass is 473 g/mol. The minimum absolute atomic E-state index is 0.0382. The average molecular weight is 474 g/mol. The van der Waals surface area contributed by atoms with E-state index < -0.39 is 12.1 Å². The molecule has 2 aromatic rings. The van der Waals surface area contributed by atoms with E-state index in [0.717, 1.165) is 16.0 Å². The number of benzene rings is 2. The van der Waals surface area contributed by atoms with Crippen molar-refractivity contribution in [2.45, 2.75) is 19.0 Å². The Morgan fingerprint density at radius 2 is 1.78 bits per heavy atom. The fraction of sp³-hybridized carbons (Fsp3) is 0.273. The molecule has 166 valence electrons. The van der Waals surface area contributed by atoms with Crippen LogP contribution in [-0.2, 0) is 17.8 Å². The van der Waals surface area contributed by atoms with Crippen LogP contribution in [0.15, 0.2) is 42.5 Å². The van der Waals surface area contributed by atoms with Crippen molar-refractivity contribution in [3.05, 3.63) is 63.6 Å². The van der Waals surface area contributed by atoms with Gasteiger partial charge in [-0.1, -0.05) is 53.5 Å². The number of fused-ring (bicyclic) bond motifs is 1. The van der Waals surface area contributed by atoms with Crippen molar-refractivity contribution in [1.29, 1.82) is 0 Å². The normalized spacial score (nSPS) is 18.0. The number of halogens is 2. The lowest BCUT2D eigenvalue weighted by Gasteiger charge is -2.32. The third-order valence-electron chi connectivity index (χ3n) is 5.51. The van der Waals surface area contributed by atoms with Crippen LogP contribution in [0.3, 0.4) is 0 Å². The summed E-state index contributed by atoms with van der Waals surface area (Å²) in [6.07, 6.45) is 0.650. The molecular formula is C22H21Cl2N5O3. The van der Waals surface area contributed by atoms with Crippen molar-refractivity contribution in [3.63, 3.8) is 0 Å². The summed E-state index contributed by atoms with van der Waals surface area (Å²) in [7, 11) is 3.05. The van der Waals surface area contributed by atoms with Crippen LogP contribution in [0.4, 0.5) is 4.79 Å². The van der Waals surface area contributed by atoms with Crippen molar-refractivity contribution >= 4 is 46.9 Å². The van der Waals surface area contributed by atoms with Crippen molar-refractivity contribution in [3.8, 4) is 5.75 Å². The maximum absolute atomic E-state index is 13.0. The number of guanidine groups is 1. The minimum Gasteiger partial charge on any atom is -0.872 e. The second-order valence-corrected chi connectivity index (χ2v) is 8.46. The van der Waals surface area contributed by atoms with Gasteiger partial charge in [-0.05, 0) is 24.1 Å². The quantitative estimate of drug-likeness (QED) is 0.662. The lowest BCUT2D eigenvalue weighted by molar-refractivity contribution is -0.268. The van der Waals surface area contributed by atoms with E-state index in [1.165, 1.54) is 24.1 Å². The van der Waals surface area contributed by atoms with Gasteiger partial charge in [-0.3, -0.25) is 15.0 Å². The third kappa shape index (κ3) is 4.12. The van der Waals surface area contributed by atoms with Crippen LogP contribution >= 0.6 is 23.2 Å². The fourth-order valence-corrected chi connectivity index (χ4v) is 4.18. The smallest absolute Gasteiger partial charge is 0.398 e. The first-order valence-electron chi connectivity index (χ1n) is 9.97. The number of urea groups is 1. The van der Waals surface area contributed by atoms with Crippen LogP contribution in [-0.4, -0.2) is 65.1 Å². The Bertz CT molecular complexity index is 1140. The van der Waals surface area contributed by atoms with E-state index in [1.54, 1.807) is 42.3 Å². The Balaban J connectivity index is 1.60. The highest BCUT2D eigenvalue weighted by Crippen LogP contribution is 2.25. The van der Waals surface area contributed by atoms with Gasteiger partial charge in [0.05, 0.1) is 20.1 Å². The van der Waals surface area contributed by atoms with Gasteiger partial charge in [0.15, 0.2) is 0 Å². The highest BCUT2D eigenvalue weighted by Gasteiger charge is 2.54. The number of carbonyl (C=O) groups is 2. The van der Waals surface area contributed by atoms with Crippen molar-refractivity contribution < 1.29 is 14.7 Å². The van der Waals surface area contributed by atoms with E-state index in [0.29, 0.717) is 41.4 Å². The van der Waals surface area contributed by atoms with Crippen molar-refractivity contribution in [1.82, 2.24) is 24.7 Å². The summed E-state index contributed by atoms with van der Waals surface area (Å²) >= 11 is 12.4. The predicted molar refractivity (Wildman–Crippen MR) is 121 cm³/mol. The first-order valence-corrected chi connectivity index (χ1v) is 10.7. The molecule has 0 spiro atoms. The van der Waals surface area contributed by atoms with E-state index in [-0.39, 0.29) is 11.7 Å². The first-order chi connectivity index (χ1) is 15.3. The number of amidine groups is 1. The SMILES string of the molecule is CN1C(=O)C2C(=[N+]=C(NCCc3ccc([O-])cc3)N2Cc2ccc(Cl)cc2Cl)N(C)C1=O. The van der Waals surface area contributed by atoms with Gasteiger partial charge in [0.2, 0.25) is 6.04 Å². The zero-order chi connectivity index (χ0) is 23.0. The molecule has 10 heteroatoms. The molecule has 1 unspecified atom stereocenters. The molecule has 2 aliphatic heterocycles. The van der Waals surface area contributed by atoms with Gasteiger partial charge in [0, 0.05) is 22.7 Å². The van der Waals surface area contributed by atoms with Crippen molar-refractivity contribution in [2.24, 2.45) is 0 Å². The van der Waals surface area contributed by atoms with Crippen LogP contribution in [0.1, 0.15) is 11.1 Å². The Morgan fingerprint density at radius 1 is 1.06 bits per heavy atom. The van der Waals surface area contributed by atoms with Crippen LogP contribution in [0.5, 0.6) is 5.75 Å². The maximum Gasteiger partial charge on any atom is 0.398 e. The molecule has 0 radical (unpaired) electrons. The summed E-state index contributed by atoms with van der Waals surface area (Å²) in [5.74, 6) is 0.435. The Morgan fingerprint density at radius 3 is 2.47 bits per heavy atom. The molecule has 4 rings (SSSR count). The molecule has 2 heterocycles. The van der Waals surface area contributed by atoms with E-state index >= 15 is 0 Å². The second kappa shape index (κ2) is 8.74. The zero-order valence-corrected chi connectivity index (χ0v) is 19.0. The molecule has 0 saturated carbocycles. The summed E-state index contributed by atoms with van der Waals surface area (Å²) in [5.41, 5.74) is 1.77. The molecule has 8 nitrogen and oxygen atoms in total. The maximum atomic E-state index is 13.0. The highest BCUT2D eigenvalue weighted by atomic mass is 35.5. The third-order valence-corrected chi connectivity index (χ3v) is 6.09. The van der Waals surface area contributed by atoms with E-state index in [1.807, 2.05) is 0 Å². The number of imide groups is 1. The highest BCUT2D eigenvalue weighted by molar-refractivity contribution is 6.35. The lowest BCUT2D eigenvalue weighted by Crippen LogP contribution is -2.64. The first kappa shape index (κ1) is 22.0. The second-order valence-electron chi connectivity index (χ2n) is 7.62. The van der Waals surface area contributed by atoms with Gasteiger partial charge in [0.25, 0.3) is 5.91 Å². The van der Waals surface area contributed by atoms with Crippen LogP contribution in [0.2, 0.25) is 10.0 Å². The number of hydrogen-bond acceptors (Lipinski definition) is 5. The molecule has 0 aromatic heterocycles. The number of rotatable bonds is 5. The molecule has 1 fully saturated rings. The van der Waals surface area contributed by atoms with E-state index in [4.69, 9.17) is 23.2 Å². The fourth-order valence-electron chi connectivity index (χ4n) is 3.71. The molecule has 1 saturated heterocycles. The lowest BCUT2D eigenvalue weighted by atomic mass is 10.1. The Labute approximate surface area is 195 Å². The summed E-state index contributed by atoms with van der Waals surface area (Å²) in [6, 6.07) is 10.6. The molecule has 1 atom stereocenters. The van der Waals surface area contributed by atoms with Gasteiger partial charge in [-0.2, -0.15) is 0 Å². The average Bonchev–Trinajstić information content (AvgIpc) is 3.12. The number of amides is 3. The summed E-state index contributed by atoms with van der Waals surface area (Å²) in [5, 5.41) is 15.6. The summed E-state index contributed by atoms with van der Waals surface area (Å²) < 4.78 is 4.58. The largest absolute Gasteiger partial charge is 0.872 e. The van der Waals surface area contributed by atoms with Gasteiger partial charge < -0.3 is 5.11 Å². The number of nitrogens with zero attached hydrogens (tertiary/aromatic N) is 4. The number of nitrogens with one attached hydrogen (secondary N) is 1. The molecule has 3 amide bonds. The van der Waals surface area contributed by atoms with E-state index in [2.05, 4.69) is 9.98 Å². The van der Waals surface area contributed by atoms with E-state index in [9.17, 15) is 14.7 Å². The Kier molecular flexibility index (Phi) is 6.02. The molecule has 0 aliphatic carbocycles. The zero-order valence-electron chi connectivity index (χ0n) is 17.5. The number of carbonyl (C=O) groups excluding carboxylic acids is 2. The van der Waals surface area contributed by atoms with Gasteiger partial charge in [-0.15, -0.1) is 5.75 Å². The molecule has 0 bridgehead atoms. The molecule has 1 N–H and O–H groups in total. The summed E-state index contributed by atoms with van der Waals surface area (Å²) in [6.45, 7) is 0.812. The summed E-state index contributed by atoms with van der Waals surface area (Å²) in [4.78, 5) is 29.7. The van der Waals surface area contributed by atoms with Crippen LogP contribution in [0.25, 0.3) is 0 Å². The Hall–Kier alpha value is -3.19. The molecule has 2 aromatic carbocycles. The topological polar surface area (TPSA) is 93.0 Å². The van der Waals surface area contributed by atoms with Gasteiger partial charge >= 0.3 is 17.8 Å². The van der Waals surface area contributed by atoms with Crippen molar-refractivity contribution in [2.75, 3.05) is 20.6 Å². The van der Waals surface area contributed by atoms with Crippen LogP contribution < -0.4 is 15.1 Å². The minimum atomic E-state index is -0.753. The molecule has 32 heavy (non-hydrogen) atoms. The molecular weight excluding hydrogens is 453 g/mol. The number of hydrogen-bond donors (Lipinski definition) is 1. The molecule has 2 aliphatic rings. The van der Waals surface area contributed by atoms with Gasteiger partial charge in [0.1, 0.15) is 0 Å². The number of likely N-dealkylation sites (N-methyl/N-ethyl adjacent to an activating group) is 2.